The van der Waals surface area contributed by atoms with Crippen molar-refractivity contribution in [3.63, 3.8) is 0 Å². The molecule has 0 aromatic heterocycles. The minimum Gasteiger partial charge on any atom is -0.184 e. The molecule has 76 valence electrons. The summed E-state index contributed by atoms with van der Waals surface area (Å²) in [5.74, 6) is 0. The molecule has 0 atom stereocenters. The molecule has 1 nitrogen and oxygen atoms in total. The van der Waals surface area contributed by atoms with Crippen molar-refractivity contribution in [3.8, 4) is 0 Å². The Balaban J connectivity index is 0. The zero-order valence-corrected chi connectivity index (χ0v) is 10.5. The predicted octanol–water partition coefficient (Wildman–Crippen LogP) is 3.20. The summed E-state index contributed by atoms with van der Waals surface area (Å²) < 4.78 is 0. The second-order valence-corrected chi connectivity index (χ2v) is 4.32. The average Bonchev–Trinajstić information content (AvgIpc) is 2.08. The molecule has 0 aliphatic rings. The Morgan fingerprint density at radius 3 is 1.54 bits per heavy atom. The third kappa shape index (κ3) is 32.9. The molecule has 0 saturated carbocycles. The van der Waals surface area contributed by atoms with E-state index in [1.807, 2.05) is 44.4 Å². The van der Waals surface area contributed by atoms with Gasteiger partial charge in [-0.1, -0.05) is 0 Å². The molecule has 0 unspecified atom stereocenters. The molecule has 0 bridgehead atoms. The average molecular weight is 258 g/mol. The van der Waals surface area contributed by atoms with E-state index in [4.69, 9.17) is 20.1 Å². The van der Waals surface area contributed by atoms with E-state index >= 15 is 0 Å². The fourth-order valence-corrected chi connectivity index (χ4v) is 0.342. The molecular formula is C9H13Cl2CrN-2. The zero-order valence-electron chi connectivity index (χ0n) is 7.71. The van der Waals surface area contributed by atoms with Gasteiger partial charge in [0.05, 0.1) is 0 Å². The van der Waals surface area contributed by atoms with Crippen molar-refractivity contribution in [2.45, 2.75) is 0 Å². The van der Waals surface area contributed by atoms with E-state index < -0.39 is 0 Å². The fourth-order valence-electron chi connectivity index (χ4n) is 0.342. The van der Waals surface area contributed by atoms with Crippen LogP contribution in [0.15, 0.2) is 30.3 Å². The second-order valence-electron chi connectivity index (χ2n) is 2.22. The first kappa shape index (κ1) is 15.8. The van der Waals surface area contributed by atoms with Gasteiger partial charge in [-0.05, 0) is 14.1 Å². The fraction of sp³-hybridized carbons (Fsp3) is 0.222. The Bertz CT molecular complexity index is 129. The van der Waals surface area contributed by atoms with Gasteiger partial charge in [-0.2, -0.15) is 36.4 Å². The van der Waals surface area contributed by atoms with Crippen molar-refractivity contribution >= 4 is 20.1 Å². The van der Waals surface area contributed by atoms with Crippen molar-refractivity contribution in [1.29, 1.82) is 0 Å². The Hall–Kier alpha value is 0.292. The van der Waals surface area contributed by atoms with Crippen LogP contribution in [0.3, 0.4) is 0 Å². The largest absolute Gasteiger partial charge is 0.184 e. The molecule has 0 radical (unpaired) electrons. The van der Waals surface area contributed by atoms with Gasteiger partial charge < -0.3 is 4.90 Å². The van der Waals surface area contributed by atoms with Gasteiger partial charge in [0.25, 0.3) is 0 Å². The Morgan fingerprint density at radius 1 is 1.15 bits per heavy atom. The van der Waals surface area contributed by atoms with Gasteiger partial charge in [0, 0.05) is 0 Å². The summed E-state index contributed by atoms with van der Waals surface area (Å²) in [5.41, 5.74) is 0. The number of nitrogens with zero attached hydrogens (tertiary/aromatic N) is 1. The Kier molecular flexibility index (Phi) is 17.9. The third-order valence-corrected chi connectivity index (χ3v) is 0.607. The number of halogens is 2. The molecule has 0 fully saturated rings. The van der Waals surface area contributed by atoms with E-state index in [0.717, 1.165) is 0 Å². The number of rotatable bonds is 0. The minimum absolute atomic E-state index is 0.181. The summed E-state index contributed by atoms with van der Waals surface area (Å²) in [6.45, 7) is 0. The molecule has 4 heteroatoms. The van der Waals surface area contributed by atoms with Crippen LogP contribution in [0.5, 0.6) is 0 Å². The third-order valence-electron chi connectivity index (χ3n) is 0.607. The zero-order chi connectivity index (χ0) is 10.5. The first-order valence-electron chi connectivity index (χ1n) is 3.43. The SMILES string of the molecule is [CH2-]N(C)C.[Cl][Cr][Cl].[c-]1ccccc1. The smallest absolute Gasteiger partial charge is 0.171 e. The van der Waals surface area contributed by atoms with Crippen LogP contribution in [-0.4, -0.2) is 19.0 Å². The molecule has 0 N–H and O–H groups in total. The molecule has 0 amide bonds. The van der Waals surface area contributed by atoms with Crippen LogP contribution in [0.4, 0.5) is 0 Å². The standard InChI is InChI=1S/C6H5.C3H8N.2ClH.Cr/c1-2-4-6-5-3-1;1-4(2)3;;;/h1-5H;1H2,2-3H3;2*1H;/q2*-1;;;+2/p-2. The van der Waals surface area contributed by atoms with E-state index in [-0.39, 0.29) is 13.4 Å². The summed E-state index contributed by atoms with van der Waals surface area (Å²) >= 11 is -0.181. The van der Waals surface area contributed by atoms with Crippen molar-refractivity contribution in [3.05, 3.63) is 43.4 Å². The second kappa shape index (κ2) is 14.8. The maximum atomic E-state index is 4.83. The van der Waals surface area contributed by atoms with Crippen LogP contribution >= 0.6 is 20.1 Å². The summed E-state index contributed by atoms with van der Waals surface area (Å²) in [6.07, 6.45) is 0. The number of hydrogen-bond acceptors (Lipinski definition) is 1. The monoisotopic (exact) mass is 257 g/mol. The normalized spacial score (nSPS) is 7.85. The van der Waals surface area contributed by atoms with Crippen LogP contribution in [0.2, 0.25) is 0 Å². The molecular weight excluding hydrogens is 245 g/mol. The van der Waals surface area contributed by atoms with Gasteiger partial charge in [0.15, 0.2) is 0 Å². The van der Waals surface area contributed by atoms with Gasteiger partial charge in [-0.3, -0.25) is 7.05 Å². The first-order valence-corrected chi connectivity index (χ1v) is 6.94. The van der Waals surface area contributed by atoms with Crippen LogP contribution in [0.25, 0.3) is 0 Å². The van der Waals surface area contributed by atoms with Crippen molar-refractivity contribution in [1.82, 2.24) is 4.90 Å². The quantitative estimate of drug-likeness (QED) is 0.646. The number of benzene rings is 1. The molecule has 13 heavy (non-hydrogen) atoms. The van der Waals surface area contributed by atoms with Gasteiger partial charge in [0.2, 0.25) is 0 Å². The van der Waals surface area contributed by atoms with Gasteiger partial charge in [-0.25, -0.2) is 0 Å². The van der Waals surface area contributed by atoms with Crippen LogP contribution in [0, 0.1) is 13.1 Å². The molecule has 0 aliphatic heterocycles. The maximum absolute atomic E-state index is 4.83. The first-order chi connectivity index (χ1) is 6.15. The predicted molar refractivity (Wildman–Crippen MR) is 56.0 cm³/mol. The topological polar surface area (TPSA) is 3.24 Å². The van der Waals surface area contributed by atoms with E-state index in [2.05, 4.69) is 13.1 Å². The van der Waals surface area contributed by atoms with Crippen molar-refractivity contribution < 1.29 is 13.4 Å². The molecule has 0 heterocycles. The molecule has 0 aliphatic carbocycles. The van der Waals surface area contributed by atoms with E-state index in [1.165, 1.54) is 0 Å². The van der Waals surface area contributed by atoms with Gasteiger partial charge in [-0.15, -0.1) is 0 Å². The minimum atomic E-state index is -0.181. The van der Waals surface area contributed by atoms with Crippen LogP contribution < -0.4 is 0 Å². The van der Waals surface area contributed by atoms with Crippen molar-refractivity contribution in [2.24, 2.45) is 0 Å². The maximum Gasteiger partial charge on any atom is -0.171 e. The molecule has 0 saturated heterocycles. The Morgan fingerprint density at radius 2 is 1.46 bits per heavy atom. The summed E-state index contributed by atoms with van der Waals surface area (Å²) in [6, 6.07) is 12.5. The summed E-state index contributed by atoms with van der Waals surface area (Å²) in [5, 5.41) is 0. The van der Waals surface area contributed by atoms with Crippen molar-refractivity contribution in [2.75, 3.05) is 14.1 Å². The van der Waals surface area contributed by atoms with E-state index in [9.17, 15) is 0 Å². The van der Waals surface area contributed by atoms with Crippen LogP contribution in [0.1, 0.15) is 0 Å². The summed E-state index contributed by atoms with van der Waals surface area (Å²) in [4.78, 5) is 1.75. The molecule has 1 rings (SSSR count). The molecule has 0 spiro atoms. The van der Waals surface area contributed by atoms with Gasteiger partial charge >= 0.3 is 33.5 Å². The van der Waals surface area contributed by atoms with E-state index in [1.54, 1.807) is 4.90 Å². The van der Waals surface area contributed by atoms with Gasteiger partial charge in [0.1, 0.15) is 0 Å². The van der Waals surface area contributed by atoms with Crippen LogP contribution in [-0.2, 0) is 13.4 Å². The number of hydrogen-bond donors (Lipinski definition) is 0. The molecule has 1 aromatic rings. The summed E-state index contributed by atoms with van der Waals surface area (Å²) in [7, 11) is 16.9. The molecule has 1 aromatic carbocycles. The van der Waals surface area contributed by atoms with E-state index in [0.29, 0.717) is 0 Å². The Labute approximate surface area is 95.8 Å².